The van der Waals surface area contributed by atoms with E-state index < -0.39 is 0 Å². The number of benzene rings is 2. The first kappa shape index (κ1) is 35.2. The maximum atomic E-state index is 5.63. The van der Waals surface area contributed by atoms with E-state index in [9.17, 15) is 0 Å². The van der Waals surface area contributed by atoms with Gasteiger partial charge in [-0.3, -0.25) is 0 Å². The number of anilines is 1. The summed E-state index contributed by atoms with van der Waals surface area (Å²) in [6, 6.07) is 13.5. The summed E-state index contributed by atoms with van der Waals surface area (Å²) in [5.41, 5.74) is 9.14. The monoisotopic (exact) mass is 677 g/mol. The van der Waals surface area contributed by atoms with Gasteiger partial charge in [-0.2, -0.15) is 4.58 Å². The number of allylic oxidation sites excluding steroid dienone is 6. The van der Waals surface area contributed by atoms with Crippen LogP contribution in [0.5, 0.6) is 5.75 Å². The van der Waals surface area contributed by atoms with E-state index in [4.69, 9.17) is 4.74 Å². The molecular formula is C39H58BrN4O+3. The molecule has 244 valence electrons. The van der Waals surface area contributed by atoms with Gasteiger partial charge >= 0.3 is 0 Å². The molecule has 0 atom stereocenters. The van der Waals surface area contributed by atoms with Gasteiger partial charge in [0.15, 0.2) is 12.3 Å². The first-order valence-corrected chi connectivity index (χ1v) is 17.2. The van der Waals surface area contributed by atoms with Crippen LogP contribution in [0, 0.1) is 6.92 Å². The van der Waals surface area contributed by atoms with Crippen molar-refractivity contribution in [1.82, 2.24) is 0 Å². The van der Waals surface area contributed by atoms with Crippen LogP contribution in [0.25, 0.3) is 0 Å². The minimum Gasteiger partial charge on any atom is -0.497 e. The minimum absolute atomic E-state index is 0.0727. The molecule has 5 nitrogen and oxygen atoms in total. The number of fused-ring (bicyclic) bond motifs is 2. The van der Waals surface area contributed by atoms with Gasteiger partial charge in [0.05, 0.1) is 74.3 Å². The third-order valence-electron chi connectivity index (χ3n) is 9.37. The van der Waals surface area contributed by atoms with Crippen LogP contribution >= 0.6 is 15.9 Å². The van der Waals surface area contributed by atoms with Crippen molar-refractivity contribution in [2.75, 3.05) is 80.5 Å². The third kappa shape index (κ3) is 8.01. The zero-order valence-corrected chi connectivity index (χ0v) is 31.7. The normalized spacial score (nSPS) is 18.7. The van der Waals surface area contributed by atoms with E-state index in [1.165, 1.54) is 39.5 Å². The van der Waals surface area contributed by atoms with Crippen LogP contribution in [0.15, 0.2) is 70.9 Å². The largest absolute Gasteiger partial charge is 0.497 e. The highest BCUT2D eigenvalue weighted by molar-refractivity contribution is 9.11. The average molecular weight is 679 g/mol. The number of methoxy groups -OCH3 is 1. The Balaban J connectivity index is 1.68. The lowest BCUT2D eigenvalue weighted by atomic mass is 9.81. The van der Waals surface area contributed by atoms with E-state index >= 15 is 0 Å². The summed E-state index contributed by atoms with van der Waals surface area (Å²) >= 11 is 3.92. The Morgan fingerprint density at radius 3 is 2.20 bits per heavy atom. The number of quaternary nitrogens is 2. The molecule has 0 spiro atoms. The van der Waals surface area contributed by atoms with E-state index in [1.807, 2.05) is 0 Å². The summed E-state index contributed by atoms with van der Waals surface area (Å²) in [4.78, 5) is 2.55. The van der Waals surface area contributed by atoms with Crippen LogP contribution in [-0.4, -0.2) is 94.8 Å². The number of hydrogen-bond acceptors (Lipinski definition) is 2. The summed E-state index contributed by atoms with van der Waals surface area (Å²) in [6.07, 6.45) is 11.4. The summed E-state index contributed by atoms with van der Waals surface area (Å²) in [7, 11) is 15.4. The first-order valence-electron chi connectivity index (χ1n) is 16.4. The van der Waals surface area contributed by atoms with E-state index in [0.717, 1.165) is 58.2 Å². The maximum Gasteiger partial charge on any atom is 0.210 e. The van der Waals surface area contributed by atoms with Gasteiger partial charge in [-0.05, 0) is 62.8 Å². The van der Waals surface area contributed by atoms with Crippen molar-refractivity contribution in [2.45, 2.75) is 58.3 Å². The average Bonchev–Trinajstić information content (AvgIpc) is 3.27. The van der Waals surface area contributed by atoms with Crippen LogP contribution in [-0.2, 0) is 10.8 Å². The molecule has 2 aromatic rings. The standard InChI is InChI=1S/C39H58BrN4O/c1-29-15-19-34-32(27-29)38(2,3)36(41(34)23-13-25-43(6,7)8)21-16-30(40)17-22-37-39(4,5)33-28-31(45-12)18-20-35(33)42(37)24-14-26-44(9,10)11/h15-22,27-28H,13-14,23-26H2,1-12H3/q+3. The smallest absolute Gasteiger partial charge is 0.210 e. The molecule has 2 aliphatic heterocycles. The van der Waals surface area contributed by atoms with Gasteiger partial charge in [-0.25, -0.2) is 0 Å². The van der Waals surface area contributed by atoms with Gasteiger partial charge in [0.1, 0.15) is 5.75 Å². The van der Waals surface area contributed by atoms with Gasteiger partial charge in [-0.15, -0.1) is 0 Å². The molecule has 0 unspecified atom stereocenters. The predicted molar refractivity (Wildman–Crippen MR) is 197 cm³/mol. The molecule has 6 heteroatoms. The molecule has 0 radical (unpaired) electrons. The van der Waals surface area contributed by atoms with Crippen molar-refractivity contribution in [1.29, 1.82) is 0 Å². The lowest BCUT2D eigenvalue weighted by molar-refractivity contribution is -0.871. The molecule has 4 rings (SSSR count). The number of aryl methyl sites for hydroxylation is 1. The molecule has 0 fully saturated rings. The number of halogens is 1. The fourth-order valence-electron chi connectivity index (χ4n) is 6.83. The Labute approximate surface area is 282 Å². The van der Waals surface area contributed by atoms with Crippen LogP contribution in [0.1, 0.15) is 57.2 Å². The molecule has 0 bridgehead atoms. The molecule has 45 heavy (non-hydrogen) atoms. The zero-order chi connectivity index (χ0) is 33.4. The third-order valence-corrected chi connectivity index (χ3v) is 9.90. The van der Waals surface area contributed by atoms with Crippen molar-refractivity contribution >= 4 is 33.0 Å². The van der Waals surface area contributed by atoms with E-state index in [0.29, 0.717) is 0 Å². The Morgan fingerprint density at radius 2 is 1.56 bits per heavy atom. The van der Waals surface area contributed by atoms with Crippen molar-refractivity contribution in [2.24, 2.45) is 0 Å². The second-order valence-corrected chi connectivity index (χ2v) is 16.9. The molecular weight excluding hydrogens is 620 g/mol. The fourth-order valence-corrected chi connectivity index (χ4v) is 7.10. The molecule has 0 aliphatic carbocycles. The molecule has 0 saturated heterocycles. The fraction of sp³-hybridized carbons (Fsp3) is 0.513. The van der Waals surface area contributed by atoms with E-state index in [-0.39, 0.29) is 10.8 Å². The van der Waals surface area contributed by atoms with Gasteiger partial charge in [-0.1, -0.05) is 47.5 Å². The number of rotatable bonds is 12. The Kier molecular flexibility index (Phi) is 10.3. The summed E-state index contributed by atoms with van der Waals surface area (Å²) < 4.78 is 11.2. The van der Waals surface area contributed by atoms with Crippen LogP contribution in [0.3, 0.4) is 0 Å². The summed E-state index contributed by atoms with van der Waals surface area (Å²) in [5, 5.41) is 0. The molecule has 0 aromatic heterocycles. The quantitative estimate of drug-likeness (QED) is 0.128. The number of nitrogens with zero attached hydrogens (tertiary/aromatic N) is 4. The topological polar surface area (TPSA) is 15.5 Å². The SMILES string of the molecule is COc1ccc2c(c1)C(C)(C)C(/C=C/C(Br)=C/C=C1/N(CCC[N+](C)(C)C)c3ccc(C)cc3C1(C)C)=[N+]2CCC[N+](C)(C)C. The van der Waals surface area contributed by atoms with Gasteiger partial charge in [0, 0.05) is 52.0 Å². The van der Waals surface area contributed by atoms with Gasteiger partial charge in [0.25, 0.3) is 0 Å². The highest BCUT2D eigenvalue weighted by Gasteiger charge is 2.44. The maximum absolute atomic E-state index is 5.63. The second-order valence-electron chi connectivity index (χ2n) is 16.0. The first-order chi connectivity index (χ1) is 20.8. The van der Waals surface area contributed by atoms with E-state index in [2.05, 4.69) is 163 Å². The van der Waals surface area contributed by atoms with Crippen molar-refractivity contribution in [3.63, 3.8) is 0 Å². The summed E-state index contributed by atoms with van der Waals surface area (Å²) in [6.45, 7) is 15.9. The highest BCUT2D eigenvalue weighted by atomic mass is 79.9. The van der Waals surface area contributed by atoms with Crippen molar-refractivity contribution in [3.8, 4) is 5.75 Å². The lowest BCUT2D eigenvalue weighted by Gasteiger charge is -2.29. The van der Waals surface area contributed by atoms with Gasteiger partial charge in [0.2, 0.25) is 5.69 Å². The molecule has 0 saturated carbocycles. The minimum atomic E-state index is -0.141. The molecule has 2 aromatic carbocycles. The molecule has 2 heterocycles. The van der Waals surface area contributed by atoms with Crippen LogP contribution < -0.4 is 9.64 Å². The van der Waals surface area contributed by atoms with Crippen LogP contribution in [0.4, 0.5) is 11.4 Å². The Morgan fingerprint density at radius 1 is 0.889 bits per heavy atom. The van der Waals surface area contributed by atoms with Crippen molar-refractivity contribution in [3.05, 3.63) is 87.6 Å². The zero-order valence-electron chi connectivity index (χ0n) is 30.1. The highest BCUT2D eigenvalue weighted by Crippen LogP contribution is 2.48. The molecule has 2 aliphatic rings. The number of hydrogen-bond donors (Lipinski definition) is 0. The van der Waals surface area contributed by atoms with Gasteiger partial charge < -0.3 is 18.6 Å². The van der Waals surface area contributed by atoms with Crippen molar-refractivity contribution < 1.29 is 18.3 Å². The molecule has 0 amide bonds. The Hall–Kier alpha value is -2.67. The molecule has 0 N–H and O–H groups in total. The number of ether oxygens (including phenoxy) is 1. The predicted octanol–water partition coefficient (Wildman–Crippen LogP) is 8.09. The second kappa shape index (κ2) is 13.2. The summed E-state index contributed by atoms with van der Waals surface area (Å²) in [5.74, 6) is 0.910. The van der Waals surface area contributed by atoms with E-state index in [1.54, 1.807) is 7.11 Å². The lowest BCUT2D eigenvalue weighted by Crippen LogP contribution is -2.37. The Bertz CT molecular complexity index is 1530. The van der Waals surface area contributed by atoms with Crippen LogP contribution in [0.2, 0.25) is 0 Å².